The lowest BCUT2D eigenvalue weighted by Gasteiger charge is -2.22. The van der Waals surface area contributed by atoms with E-state index in [0.29, 0.717) is 17.2 Å². The number of amides is 1. The van der Waals surface area contributed by atoms with Crippen molar-refractivity contribution in [1.29, 1.82) is 0 Å². The third-order valence-electron chi connectivity index (χ3n) is 3.47. The third-order valence-corrected chi connectivity index (χ3v) is 3.69. The van der Waals surface area contributed by atoms with Crippen LogP contribution in [0.15, 0.2) is 30.5 Å². The number of rotatable bonds is 2. The van der Waals surface area contributed by atoms with E-state index in [0.717, 1.165) is 6.42 Å². The first-order chi connectivity index (χ1) is 9.61. The molecule has 0 saturated carbocycles. The van der Waals surface area contributed by atoms with E-state index in [-0.39, 0.29) is 17.6 Å². The predicted octanol–water partition coefficient (Wildman–Crippen LogP) is 2.92. The van der Waals surface area contributed by atoms with E-state index in [1.54, 1.807) is 17.0 Å². The zero-order valence-corrected chi connectivity index (χ0v) is 11.6. The van der Waals surface area contributed by atoms with Crippen LogP contribution < -0.4 is 0 Å². The Balaban J connectivity index is 2.02. The van der Waals surface area contributed by atoms with Gasteiger partial charge in [-0.25, -0.2) is 4.98 Å². The molecule has 20 heavy (non-hydrogen) atoms. The number of pyridine rings is 1. The number of halogens is 2. The fraction of sp³-hybridized carbons (Fsp3) is 0.286. The van der Waals surface area contributed by atoms with Crippen LogP contribution in [0.5, 0.6) is 0 Å². The van der Waals surface area contributed by atoms with Gasteiger partial charge in [0.05, 0.1) is 11.1 Å². The molecule has 0 spiro atoms. The summed E-state index contributed by atoms with van der Waals surface area (Å²) in [4.78, 5) is 18.1. The lowest BCUT2D eigenvalue weighted by molar-refractivity contribution is 0.0737. The van der Waals surface area contributed by atoms with Gasteiger partial charge in [0.15, 0.2) is 5.69 Å². The molecule has 1 amide bonds. The summed E-state index contributed by atoms with van der Waals surface area (Å²) in [5.41, 5.74) is 0.213. The monoisotopic (exact) mass is 293 g/mol. The van der Waals surface area contributed by atoms with Crippen LogP contribution in [0.4, 0.5) is 4.39 Å². The summed E-state index contributed by atoms with van der Waals surface area (Å²) in [6.45, 7) is 2.48. The van der Waals surface area contributed by atoms with E-state index in [9.17, 15) is 9.18 Å². The van der Waals surface area contributed by atoms with E-state index in [1.165, 1.54) is 10.6 Å². The maximum atomic E-state index is 14.3. The van der Waals surface area contributed by atoms with Gasteiger partial charge in [-0.15, -0.1) is 0 Å². The molecular weight excluding hydrogens is 281 g/mol. The summed E-state index contributed by atoms with van der Waals surface area (Å²) >= 11 is 5.83. The van der Waals surface area contributed by atoms with Gasteiger partial charge in [-0.3, -0.25) is 9.20 Å². The molecule has 104 valence electrons. The normalized spacial score (nSPS) is 18.1. The van der Waals surface area contributed by atoms with Crippen molar-refractivity contribution in [3.8, 4) is 0 Å². The van der Waals surface area contributed by atoms with Gasteiger partial charge in [0, 0.05) is 12.7 Å². The fourth-order valence-corrected chi connectivity index (χ4v) is 2.58. The minimum Gasteiger partial charge on any atom is -0.327 e. The highest BCUT2D eigenvalue weighted by atomic mass is 35.5. The average molecular weight is 294 g/mol. The lowest BCUT2D eigenvalue weighted by Crippen LogP contribution is -2.36. The Hall–Kier alpha value is -1.88. The molecule has 1 atom stereocenters. The Labute approximate surface area is 120 Å². The number of aromatic nitrogens is 2. The molecule has 0 aliphatic carbocycles. The molecule has 0 N–H and O–H groups in total. The lowest BCUT2D eigenvalue weighted by atomic mass is 10.2. The van der Waals surface area contributed by atoms with Crippen LogP contribution >= 0.6 is 11.6 Å². The zero-order chi connectivity index (χ0) is 14.3. The van der Waals surface area contributed by atoms with Gasteiger partial charge in [0.2, 0.25) is 5.95 Å². The molecule has 2 aromatic heterocycles. The summed E-state index contributed by atoms with van der Waals surface area (Å²) < 4.78 is 15.5. The highest BCUT2D eigenvalue weighted by Gasteiger charge is 2.29. The number of nitrogens with zero attached hydrogens (tertiary/aromatic N) is 3. The summed E-state index contributed by atoms with van der Waals surface area (Å²) in [7, 11) is 0. The molecule has 0 bridgehead atoms. The number of fused-ring (bicyclic) bond motifs is 1. The van der Waals surface area contributed by atoms with Crippen molar-refractivity contribution in [2.75, 3.05) is 6.54 Å². The average Bonchev–Trinajstić information content (AvgIpc) is 3.03. The van der Waals surface area contributed by atoms with Crippen LogP contribution in [-0.4, -0.2) is 32.8 Å². The molecule has 2 aromatic rings. The van der Waals surface area contributed by atoms with E-state index in [4.69, 9.17) is 11.6 Å². The van der Waals surface area contributed by atoms with Crippen LogP contribution in [0.1, 0.15) is 23.8 Å². The van der Waals surface area contributed by atoms with E-state index in [1.807, 2.05) is 19.1 Å². The quantitative estimate of drug-likeness (QED) is 0.799. The number of hydrogen-bond acceptors (Lipinski definition) is 2. The van der Waals surface area contributed by atoms with Crippen LogP contribution in [0, 0.1) is 5.95 Å². The van der Waals surface area contributed by atoms with Gasteiger partial charge in [-0.2, -0.15) is 4.39 Å². The first-order valence-corrected chi connectivity index (χ1v) is 6.80. The number of carbonyl (C=O) groups excluding carboxylic acids is 1. The van der Waals surface area contributed by atoms with Crippen LogP contribution in [0.2, 0.25) is 5.02 Å². The van der Waals surface area contributed by atoms with Crippen molar-refractivity contribution in [1.82, 2.24) is 14.3 Å². The molecule has 6 heteroatoms. The van der Waals surface area contributed by atoms with Crippen molar-refractivity contribution in [2.45, 2.75) is 19.4 Å². The highest BCUT2D eigenvalue weighted by Crippen LogP contribution is 2.20. The molecule has 0 unspecified atom stereocenters. The van der Waals surface area contributed by atoms with Gasteiger partial charge < -0.3 is 4.90 Å². The van der Waals surface area contributed by atoms with Gasteiger partial charge in [0.1, 0.15) is 5.65 Å². The largest absolute Gasteiger partial charge is 0.327 e. The maximum absolute atomic E-state index is 14.3. The number of hydrogen-bond donors (Lipinski definition) is 0. The molecule has 3 rings (SSSR count). The van der Waals surface area contributed by atoms with E-state index < -0.39 is 5.95 Å². The fourth-order valence-electron chi connectivity index (χ4n) is 2.42. The Kier molecular flexibility index (Phi) is 3.22. The second kappa shape index (κ2) is 4.90. The molecule has 1 aliphatic heterocycles. The maximum Gasteiger partial charge on any atom is 0.278 e. The SMILES string of the molecule is CC[C@@H]1C=CCN1C(=O)c1nc2ccc(Cl)cn2c1F. The number of imidazole rings is 1. The van der Waals surface area contributed by atoms with Crippen LogP contribution in [0.25, 0.3) is 5.65 Å². The molecule has 0 saturated heterocycles. The second-order valence-electron chi connectivity index (χ2n) is 4.69. The van der Waals surface area contributed by atoms with Crippen molar-refractivity contribution in [3.63, 3.8) is 0 Å². The van der Waals surface area contributed by atoms with Gasteiger partial charge in [0.25, 0.3) is 5.91 Å². The Bertz CT molecular complexity index is 710. The van der Waals surface area contributed by atoms with Crippen molar-refractivity contribution < 1.29 is 9.18 Å². The minimum atomic E-state index is -0.672. The molecule has 1 aliphatic rings. The minimum absolute atomic E-state index is 0.00954. The van der Waals surface area contributed by atoms with E-state index >= 15 is 0 Å². The van der Waals surface area contributed by atoms with Gasteiger partial charge >= 0.3 is 0 Å². The summed E-state index contributed by atoms with van der Waals surface area (Å²) in [6, 6.07) is 3.21. The standard InChI is InChI=1S/C14H13ClFN3O/c1-2-10-4-3-7-18(10)14(20)12-13(16)19-8-9(15)5-6-11(19)17-12/h3-6,8,10H,2,7H2,1H3/t10-/m1/s1. The Morgan fingerprint density at radius 1 is 1.55 bits per heavy atom. The molecule has 0 fully saturated rings. The molecule has 4 nitrogen and oxygen atoms in total. The second-order valence-corrected chi connectivity index (χ2v) is 5.12. The van der Waals surface area contributed by atoms with Gasteiger partial charge in [-0.05, 0) is 18.6 Å². The third kappa shape index (κ3) is 1.98. The summed E-state index contributed by atoms with van der Waals surface area (Å²) in [5, 5.41) is 0.391. The molecular formula is C14H13ClFN3O. The van der Waals surface area contributed by atoms with Crippen molar-refractivity contribution in [2.24, 2.45) is 0 Å². The van der Waals surface area contributed by atoms with Crippen LogP contribution in [-0.2, 0) is 0 Å². The molecule has 0 radical (unpaired) electrons. The Morgan fingerprint density at radius 3 is 3.10 bits per heavy atom. The van der Waals surface area contributed by atoms with Crippen molar-refractivity contribution >= 4 is 23.2 Å². The molecule has 3 heterocycles. The Morgan fingerprint density at radius 2 is 2.35 bits per heavy atom. The van der Waals surface area contributed by atoms with Crippen LogP contribution in [0.3, 0.4) is 0 Å². The smallest absolute Gasteiger partial charge is 0.278 e. The van der Waals surface area contributed by atoms with Crippen molar-refractivity contribution in [3.05, 3.63) is 47.1 Å². The number of carbonyl (C=O) groups is 1. The predicted molar refractivity (Wildman–Crippen MR) is 74.4 cm³/mol. The van der Waals surface area contributed by atoms with Gasteiger partial charge in [-0.1, -0.05) is 30.7 Å². The summed E-state index contributed by atoms with van der Waals surface area (Å²) in [5.74, 6) is -1.06. The molecule has 0 aromatic carbocycles. The first-order valence-electron chi connectivity index (χ1n) is 6.42. The summed E-state index contributed by atoms with van der Waals surface area (Å²) in [6.07, 6.45) is 6.08. The topological polar surface area (TPSA) is 37.6 Å². The highest BCUT2D eigenvalue weighted by molar-refractivity contribution is 6.30. The first kappa shape index (κ1) is 13.1. The zero-order valence-electron chi connectivity index (χ0n) is 10.9. The van der Waals surface area contributed by atoms with E-state index in [2.05, 4.69) is 4.98 Å².